The molecule has 2 aromatic carbocycles. The number of anilines is 2. The molecule has 0 unspecified atom stereocenters. The third-order valence-corrected chi connectivity index (χ3v) is 4.96. The molecule has 28 heavy (non-hydrogen) atoms. The van der Waals surface area contributed by atoms with Gasteiger partial charge in [0, 0.05) is 11.3 Å². The van der Waals surface area contributed by atoms with Gasteiger partial charge in [0.25, 0.3) is 5.91 Å². The second-order valence-electron chi connectivity index (χ2n) is 5.46. The van der Waals surface area contributed by atoms with Crippen molar-refractivity contribution in [2.24, 2.45) is 5.10 Å². The standard InChI is InChI=1S/C19H17ClN4O3S/c1-26-14-7-3-12(4-8-14)18(25)24-21-11-16-17(20)23-19(28-16)22-13-5-9-15(27-2)10-6-13/h3-11H,1-2H3,(H,22,23)(H,24,25)/b21-11+. The molecular formula is C19H17ClN4O3S. The van der Waals surface area contributed by atoms with Gasteiger partial charge in [-0.05, 0) is 48.5 Å². The average Bonchev–Trinajstić information content (AvgIpc) is 3.07. The van der Waals surface area contributed by atoms with Crippen molar-refractivity contribution in [1.82, 2.24) is 10.4 Å². The second-order valence-corrected chi connectivity index (χ2v) is 6.84. The minimum atomic E-state index is -0.337. The van der Waals surface area contributed by atoms with Gasteiger partial charge >= 0.3 is 0 Å². The maximum Gasteiger partial charge on any atom is 0.271 e. The molecule has 1 aromatic heterocycles. The van der Waals surface area contributed by atoms with Crippen LogP contribution in [0.3, 0.4) is 0 Å². The van der Waals surface area contributed by atoms with Crippen LogP contribution in [0, 0.1) is 0 Å². The van der Waals surface area contributed by atoms with Gasteiger partial charge < -0.3 is 14.8 Å². The summed E-state index contributed by atoms with van der Waals surface area (Å²) in [5, 5.41) is 8.01. The molecule has 3 rings (SSSR count). The largest absolute Gasteiger partial charge is 0.497 e. The first-order valence-electron chi connectivity index (χ1n) is 8.14. The molecule has 144 valence electrons. The van der Waals surface area contributed by atoms with Crippen LogP contribution in [0.5, 0.6) is 11.5 Å². The van der Waals surface area contributed by atoms with Crippen LogP contribution >= 0.6 is 22.9 Å². The van der Waals surface area contributed by atoms with E-state index in [1.165, 1.54) is 17.6 Å². The van der Waals surface area contributed by atoms with E-state index in [2.05, 4.69) is 20.8 Å². The third-order valence-electron chi connectivity index (χ3n) is 3.65. The predicted molar refractivity (Wildman–Crippen MR) is 111 cm³/mol. The smallest absolute Gasteiger partial charge is 0.271 e. The highest BCUT2D eigenvalue weighted by Crippen LogP contribution is 2.28. The van der Waals surface area contributed by atoms with Crippen LogP contribution in [0.15, 0.2) is 53.6 Å². The molecule has 0 radical (unpaired) electrons. The summed E-state index contributed by atoms with van der Waals surface area (Å²) >= 11 is 7.46. The topological polar surface area (TPSA) is 84.8 Å². The summed E-state index contributed by atoms with van der Waals surface area (Å²) in [6.07, 6.45) is 1.46. The van der Waals surface area contributed by atoms with Gasteiger partial charge in [-0.3, -0.25) is 4.79 Å². The molecule has 0 saturated carbocycles. The molecule has 0 aliphatic heterocycles. The Balaban J connectivity index is 1.61. The number of aromatic nitrogens is 1. The molecule has 1 amide bonds. The minimum absolute atomic E-state index is 0.295. The van der Waals surface area contributed by atoms with E-state index < -0.39 is 0 Å². The zero-order valence-electron chi connectivity index (χ0n) is 15.1. The Morgan fingerprint density at radius 1 is 1.07 bits per heavy atom. The van der Waals surface area contributed by atoms with Crippen LogP contribution in [-0.4, -0.2) is 31.3 Å². The fourth-order valence-electron chi connectivity index (χ4n) is 2.20. The Morgan fingerprint density at radius 3 is 2.29 bits per heavy atom. The van der Waals surface area contributed by atoms with Crippen molar-refractivity contribution < 1.29 is 14.3 Å². The van der Waals surface area contributed by atoms with Crippen molar-refractivity contribution in [3.63, 3.8) is 0 Å². The molecule has 1 heterocycles. The summed E-state index contributed by atoms with van der Waals surface area (Å²) < 4.78 is 10.2. The number of hydrazone groups is 1. The molecule has 7 nitrogen and oxygen atoms in total. The molecule has 0 atom stereocenters. The van der Waals surface area contributed by atoms with E-state index >= 15 is 0 Å². The Bertz CT molecular complexity index is 972. The van der Waals surface area contributed by atoms with Gasteiger partial charge in [-0.15, -0.1) is 0 Å². The van der Waals surface area contributed by atoms with Crippen LogP contribution in [0.25, 0.3) is 0 Å². The van der Waals surface area contributed by atoms with Crippen LogP contribution in [0.2, 0.25) is 5.15 Å². The maximum absolute atomic E-state index is 12.1. The van der Waals surface area contributed by atoms with Crippen molar-refractivity contribution in [2.45, 2.75) is 0 Å². The van der Waals surface area contributed by atoms with Crippen LogP contribution in [0.4, 0.5) is 10.8 Å². The number of ether oxygens (including phenoxy) is 2. The lowest BCUT2D eigenvalue weighted by Crippen LogP contribution is -2.17. The summed E-state index contributed by atoms with van der Waals surface area (Å²) in [6.45, 7) is 0. The maximum atomic E-state index is 12.1. The fraction of sp³-hybridized carbons (Fsp3) is 0.105. The normalized spacial score (nSPS) is 10.7. The molecule has 9 heteroatoms. The lowest BCUT2D eigenvalue weighted by atomic mass is 10.2. The number of benzene rings is 2. The van der Waals surface area contributed by atoms with E-state index in [0.29, 0.717) is 26.5 Å². The third kappa shape index (κ3) is 4.99. The molecule has 0 spiro atoms. The molecule has 2 N–H and O–H groups in total. The Labute approximate surface area is 171 Å². The van der Waals surface area contributed by atoms with Gasteiger partial charge in [-0.1, -0.05) is 22.9 Å². The number of nitrogens with zero attached hydrogens (tertiary/aromatic N) is 2. The molecule has 0 fully saturated rings. The van der Waals surface area contributed by atoms with Gasteiger partial charge in [-0.25, -0.2) is 10.4 Å². The van der Waals surface area contributed by atoms with E-state index in [1.807, 2.05) is 24.3 Å². The van der Waals surface area contributed by atoms with Crippen molar-refractivity contribution in [2.75, 3.05) is 19.5 Å². The number of thiazole rings is 1. The summed E-state index contributed by atoms with van der Waals surface area (Å²) in [7, 11) is 3.18. The summed E-state index contributed by atoms with van der Waals surface area (Å²) in [4.78, 5) is 17.0. The van der Waals surface area contributed by atoms with E-state index in [4.69, 9.17) is 21.1 Å². The van der Waals surface area contributed by atoms with E-state index in [1.54, 1.807) is 38.5 Å². The summed E-state index contributed by atoms with van der Waals surface area (Å²) in [5.74, 6) is 1.10. The Morgan fingerprint density at radius 2 is 1.68 bits per heavy atom. The zero-order valence-corrected chi connectivity index (χ0v) is 16.7. The summed E-state index contributed by atoms with van der Waals surface area (Å²) in [5.41, 5.74) is 3.78. The molecule has 0 aliphatic carbocycles. The van der Waals surface area contributed by atoms with Gasteiger partial charge in [-0.2, -0.15) is 5.10 Å². The number of hydrogen-bond acceptors (Lipinski definition) is 7. The zero-order chi connectivity index (χ0) is 19.9. The number of rotatable bonds is 7. The SMILES string of the molecule is COc1ccc(Nc2nc(Cl)c(/C=N/NC(=O)c3ccc(OC)cc3)s2)cc1. The highest BCUT2D eigenvalue weighted by molar-refractivity contribution is 7.17. The number of carbonyl (C=O) groups is 1. The second kappa shape index (κ2) is 9.20. The number of amides is 1. The number of hydrogen-bond donors (Lipinski definition) is 2. The minimum Gasteiger partial charge on any atom is -0.497 e. The predicted octanol–water partition coefficient (Wildman–Crippen LogP) is 4.32. The quantitative estimate of drug-likeness (QED) is 0.442. The number of halogens is 1. The summed E-state index contributed by atoms with van der Waals surface area (Å²) in [6, 6.07) is 14.1. The monoisotopic (exact) mass is 416 g/mol. The van der Waals surface area contributed by atoms with Crippen molar-refractivity contribution >= 4 is 45.9 Å². The van der Waals surface area contributed by atoms with Crippen LogP contribution in [-0.2, 0) is 0 Å². The van der Waals surface area contributed by atoms with Crippen LogP contribution < -0.4 is 20.2 Å². The molecule has 0 aliphatic rings. The lowest BCUT2D eigenvalue weighted by Gasteiger charge is -2.03. The first-order chi connectivity index (χ1) is 13.6. The molecule has 0 bridgehead atoms. The van der Waals surface area contributed by atoms with Crippen LogP contribution in [0.1, 0.15) is 15.2 Å². The van der Waals surface area contributed by atoms with E-state index in [9.17, 15) is 4.79 Å². The van der Waals surface area contributed by atoms with Gasteiger partial charge in [0.1, 0.15) is 11.5 Å². The van der Waals surface area contributed by atoms with Gasteiger partial charge in [0.05, 0.1) is 25.3 Å². The van der Waals surface area contributed by atoms with E-state index in [-0.39, 0.29) is 5.91 Å². The Kier molecular flexibility index (Phi) is 6.46. The number of nitrogens with one attached hydrogen (secondary N) is 2. The Hall–Kier alpha value is -3.10. The highest BCUT2D eigenvalue weighted by Gasteiger charge is 2.09. The van der Waals surface area contributed by atoms with E-state index in [0.717, 1.165) is 11.4 Å². The molecule has 3 aromatic rings. The molecule has 0 saturated heterocycles. The first kappa shape index (κ1) is 19.7. The van der Waals surface area contributed by atoms with Crippen molar-refractivity contribution in [3.05, 3.63) is 64.1 Å². The highest BCUT2D eigenvalue weighted by atomic mass is 35.5. The number of methoxy groups -OCH3 is 2. The van der Waals surface area contributed by atoms with Crippen molar-refractivity contribution in [1.29, 1.82) is 0 Å². The van der Waals surface area contributed by atoms with Gasteiger partial charge in [0.2, 0.25) is 0 Å². The average molecular weight is 417 g/mol. The van der Waals surface area contributed by atoms with Gasteiger partial charge in [0.15, 0.2) is 10.3 Å². The first-order valence-corrected chi connectivity index (χ1v) is 9.33. The number of carbonyl (C=O) groups excluding carboxylic acids is 1. The fourth-order valence-corrected chi connectivity index (χ4v) is 3.25. The molecular weight excluding hydrogens is 400 g/mol. The van der Waals surface area contributed by atoms with Crippen molar-refractivity contribution in [3.8, 4) is 11.5 Å². The lowest BCUT2D eigenvalue weighted by molar-refractivity contribution is 0.0955.